The Kier molecular flexibility index (Phi) is 6.93. The normalized spacial score (nSPS) is 24.5. The number of hydrogen-bond donors (Lipinski definition) is 2. The van der Waals surface area contributed by atoms with Gasteiger partial charge < -0.3 is 15.4 Å². The summed E-state index contributed by atoms with van der Waals surface area (Å²) in [5.74, 6) is 1.40. The predicted molar refractivity (Wildman–Crippen MR) is 84.2 cm³/mol. The van der Waals surface area contributed by atoms with E-state index in [-0.39, 0.29) is 5.91 Å². The molecule has 0 bridgehead atoms. The van der Waals surface area contributed by atoms with Crippen LogP contribution in [0.15, 0.2) is 0 Å². The second-order valence-electron chi connectivity index (χ2n) is 6.57. The monoisotopic (exact) mass is 297 g/mol. The van der Waals surface area contributed by atoms with Crippen molar-refractivity contribution < 1.29 is 9.53 Å². The van der Waals surface area contributed by atoms with Gasteiger partial charge in [0.05, 0.1) is 13.2 Å². The lowest BCUT2D eigenvalue weighted by Crippen LogP contribution is -2.47. The molecule has 0 aliphatic carbocycles. The fourth-order valence-corrected chi connectivity index (χ4v) is 3.35. The first-order valence-electron chi connectivity index (χ1n) is 8.46. The third kappa shape index (κ3) is 5.57. The molecule has 0 aromatic carbocycles. The van der Waals surface area contributed by atoms with Gasteiger partial charge in [0.15, 0.2) is 0 Å². The molecule has 5 heteroatoms. The lowest BCUT2D eigenvalue weighted by atomic mass is 9.84. The Morgan fingerprint density at radius 1 is 1.29 bits per heavy atom. The Bertz CT molecular complexity index is 313. The van der Waals surface area contributed by atoms with Crippen molar-refractivity contribution in [3.63, 3.8) is 0 Å². The van der Waals surface area contributed by atoms with Crippen LogP contribution in [0.1, 0.15) is 33.1 Å². The smallest absolute Gasteiger partial charge is 0.220 e. The van der Waals surface area contributed by atoms with Crippen LogP contribution in [0.2, 0.25) is 0 Å². The maximum atomic E-state index is 12.1. The van der Waals surface area contributed by atoms with Crippen LogP contribution in [0.3, 0.4) is 0 Å². The number of piperidine rings is 1. The first kappa shape index (κ1) is 16.7. The van der Waals surface area contributed by atoms with E-state index >= 15 is 0 Å². The number of carbonyl (C=O) groups excluding carboxylic acids is 1. The van der Waals surface area contributed by atoms with Gasteiger partial charge >= 0.3 is 0 Å². The van der Waals surface area contributed by atoms with Gasteiger partial charge in [0.1, 0.15) is 0 Å². The topological polar surface area (TPSA) is 53.6 Å². The summed E-state index contributed by atoms with van der Waals surface area (Å²) in [4.78, 5) is 14.5. The molecule has 2 atom stereocenters. The highest BCUT2D eigenvalue weighted by Gasteiger charge is 2.22. The van der Waals surface area contributed by atoms with Gasteiger partial charge in [-0.1, -0.05) is 6.92 Å². The number of amides is 1. The average Bonchev–Trinajstić information content (AvgIpc) is 2.54. The summed E-state index contributed by atoms with van der Waals surface area (Å²) >= 11 is 0. The van der Waals surface area contributed by atoms with Gasteiger partial charge in [-0.2, -0.15) is 0 Å². The third-order valence-corrected chi connectivity index (χ3v) is 4.96. The van der Waals surface area contributed by atoms with Crippen molar-refractivity contribution in [3.05, 3.63) is 0 Å². The van der Waals surface area contributed by atoms with Crippen molar-refractivity contribution in [2.24, 2.45) is 11.8 Å². The molecular weight excluding hydrogens is 266 g/mol. The van der Waals surface area contributed by atoms with Crippen LogP contribution in [0.5, 0.6) is 0 Å². The van der Waals surface area contributed by atoms with E-state index in [4.69, 9.17) is 4.74 Å². The number of hydrogen-bond acceptors (Lipinski definition) is 4. The molecule has 0 spiro atoms. The fourth-order valence-electron chi connectivity index (χ4n) is 3.35. The Morgan fingerprint density at radius 2 is 1.95 bits per heavy atom. The van der Waals surface area contributed by atoms with Crippen LogP contribution in [-0.4, -0.2) is 62.8 Å². The predicted octanol–water partition coefficient (Wildman–Crippen LogP) is 0.849. The maximum Gasteiger partial charge on any atom is 0.220 e. The van der Waals surface area contributed by atoms with Gasteiger partial charge in [0.25, 0.3) is 0 Å². The molecule has 2 heterocycles. The first-order chi connectivity index (χ1) is 10.2. The van der Waals surface area contributed by atoms with Crippen molar-refractivity contribution in [1.29, 1.82) is 0 Å². The SMILES string of the molecule is CC(CC(=O)NCC(C)N1CCOCC1)C1CCNCC1. The quantitative estimate of drug-likeness (QED) is 0.763. The van der Waals surface area contributed by atoms with Gasteiger partial charge in [-0.15, -0.1) is 0 Å². The minimum Gasteiger partial charge on any atom is -0.379 e. The van der Waals surface area contributed by atoms with E-state index in [2.05, 4.69) is 29.4 Å². The van der Waals surface area contributed by atoms with Crippen molar-refractivity contribution >= 4 is 5.91 Å². The molecule has 21 heavy (non-hydrogen) atoms. The van der Waals surface area contributed by atoms with Gasteiger partial charge in [-0.05, 0) is 44.7 Å². The molecular formula is C16H31N3O2. The van der Waals surface area contributed by atoms with E-state index in [1.807, 2.05) is 0 Å². The zero-order valence-electron chi connectivity index (χ0n) is 13.6. The van der Waals surface area contributed by atoms with E-state index in [9.17, 15) is 4.79 Å². The summed E-state index contributed by atoms with van der Waals surface area (Å²) in [7, 11) is 0. The molecule has 2 saturated heterocycles. The van der Waals surface area contributed by atoms with E-state index < -0.39 is 0 Å². The lowest BCUT2D eigenvalue weighted by Gasteiger charge is -2.32. The van der Waals surface area contributed by atoms with Crippen LogP contribution in [0.4, 0.5) is 0 Å². The van der Waals surface area contributed by atoms with Gasteiger partial charge in [-0.25, -0.2) is 0 Å². The number of rotatable bonds is 6. The van der Waals surface area contributed by atoms with Crippen LogP contribution in [0.25, 0.3) is 0 Å². The van der Waals surface area contributed by atoms with E-state index in [0.29, 0.717) is 24.3 Å². The molecule has 2 aliphatic heterocycles. The van der Waals surface area contributed by atoms with Gasteiger partial charge in [0, 0.05) is 32.1 Å². The summed E-state index contributed by atoms with van der Waals surface area (Å²) < 4.78 is 5.36. The highest BCUT2D eigenvalue weighted by Crippen LogP contribution is 2.24. The second-order valence-corrected chi connectivity index (χ2v) is 6.57. The Hall–Kier alpha value is -0.650. The van der Waals surface area contributed by atoms with Crippen molar-refractivity contribution in [3.8, 4) is 0 Å². The molecule has 2 rings (SSSR count). The standard InChI is InChI=1S/C16H31N3O2/c1-13(15-3-5-17-6-4-15)11-16(20)18-12-14(2)19-7-9-21-10-8-19/h13-15,17H,3-12H2,1-2H3,(H,18,20). The highest BCUT2D eigenvalue weighted by molar-refractivity contribution is 5.76. The van der Waals surface area contributed by atoms with Crippen LogP contribution >= 0.6 is 0 Å². The largest absolute Gasteiger partial charge is 0.379 e. The highest BCUT2D eigenvalue weighted by atomic mass is 16.5. The van der Waals surface area contributed by atoms with Gasteiger partial charge in [-0.3, -0.25) is 9.69 Å². The molecule has 2 fully saturated rings. The Labute approximate surface area is 128 Å². The molecule has 0 aromatic rings. The molecule has 5 nitrogen and oxygen atoms in total. The van der Waals surface area contributed by atoms with Crippen molar-refractivity contribution in [2.75, 3.05) is 45.9 Å². The molecule has 0 radical (unpaired) electrons. The maximum absolute atomic E-state index is 12.1. The summed E-state index contributed by atoms with van der Waals surface area (Å²) in [6, 6.07) is 0.395. The zero-order chi connectivity index (χ0) is 15.1. The fraction of sp³-hybridized carbons (Fsp3) is 0.938. The molecule has 0 aromatic heterocycles. The average molecular weight is 297 g/mol. The summed E-state index contributed by atoms with van der Waals surface area (Å²) in [5, 5.41) is 6.50. The van der Waals surface area contributed by atoms with Crippen LogP contribution in [-0.2, 0) is 9.53 Å². The van der Waals surface area contributed by atoms with Gasteiger partial charge in [0.2, 0.25) is 5.91 Å². The van der Waals surface area contributed by atoms with Crippen LogP contribution in [0, 0.1) is 11.8 Å². The number of ether oxygens (including phenoxy) is 1. The zero-order valence-corrected chi connectivity index (χ0v) is 13.6. The van der Waals surface area contributed by atoms with Crippen molar-refractivity contribution in [2.45, 2.75) is 39.2 Å². The third-order valence-electron chi connectivity index (χ3n) is 4.96. The minimum absolute atomic E-state index is 0.209. The van der Waals surface area contributed by atoms with E-state index in [0.717, 1.165) is 45.9 Å². The second kappa shape index (κ2) is 8.71. The number of morpholine rings is 1. The van der Waals surface area contributed by atoms with E-state index in [1.54, 1.807) is 0 Å². The summed E-state index contributed by atoms with van der Waals surface area (Å²) in [5.41, 5.74) is 0. The molecule has 1 amide bonds. The lowest BCUT2D eigenvalue weighted by molar-refractivity contribution is -0.122. The molecule has 2 N–H and O–H groups in total. The van der Waals surface area contributed by atoms with E-state index in [1.165, 1.54) is 12.8 Å². The molecule has 2 unspecified atom stereocenters. The summed E-state index contributed by atoms with van der Waals surface area (Å²) in [6.45, 7) is 10.9. The Morgan fingerprint density at radius 3 is 2.62 bits per heavy atom. The Balaban J connectivity index is 1.64. The number of nitrogens with one attached hydrogen (secondary N) is 2. The molecule has 122 valence electrons. The van der Waals surface area contributed by atoms with Crippen molar-refractivity contribution in [1.82, 2.24) is 15.5 Å². The first-order valence-corrected chi connectivity index (χ1v) is 8.46. The summed E-state index contributed by atoms with van der Waals surface area (Å²) in [6.07, 6.45) is 3.08. The molecule has 2 aliphatic rings. The molecule has 0 saturated carbocycles. The number of nitrogens with zero attached hydrogens (tertiary/aromatic N) is 1. The minimum atomic E-state index is 0.209. The number of carbonyl (C=O) groups is 1. The van der Waals surface area contributed by atoms with Crippen LogP contribution < -0.4 is 10.6 Å².